The molecule has 8 rings (SSSR count). The van der Waals surface area contributed by atoms with Crippen LogP contribution in [-0.2, 0) is 14.9 Å². The van der Waals surface area contributed by atoms with Gasteiger partial charge >= 0.3 is 0 Å². The number of piperidine rings is 1. The van der Waals surface area contributed by atoms with Crippen LogP contribution in [0.3, 0.4) is 0 Å². The largest absolute Gasteiger partial charge is 0.341 e. The topological polar surface area (TPSA) is 104 Å². The van der Waals surface area contributed by atoms with Gasteiger partial charge in [-0.1, -0.05) is 48.0 Å². The molecule has 4 aliphatic carbocycles. The number of anilines is 2. The molecule has 228 valence electrons. The molecule has 1 aliphatic heterocycles. The van der Waals surface area contributed by atoms with Crippen LogP contribution in [0.5, 0.6) is 0 Å². The highest BCUT2D eigenvalue weighted by atomic mass is 32.2. The summed E-state index contributed by atoms with van der Waals surface area (Å²) in [6, 6.07) is 18.7. The molecule has 1 saturated heterocycles. The second-order valence-electron chi connectivity index (χ2n) is 13.2. The average Bonchev–Trinajstić information content (AvgIpc) is 3.00. The van der Waals surface area contributed by atoms with Gasteiger partial charge in [-0.15, -0.1) is 0 Å². The molecule has 3 aromatic rings. The van der Waals surface area contributed by atoms with Gasteiger partial charge in [-0.25, -0.2) is 4.98 Å². The molecule has 0 atom stereocenters. The molecule has 4 saturated carbocycles. The van der Waals surface area contributed by atoms with Crippen molar-refractivity contribution in [1.82, 2.24) is 9.97 Å². The fraction of sp³-hybridized carbons (Fsp3) is 0.500. The lowest BCUT2D eigenvalue weighted by Crippen LogP contribution is -2.54. The van der Waals surface area contributed by atoms with Crippen molar-refractivity contribution in [3.05, 3.63) is 78.0 Å². The molecule has 5 fully saturated rings. The number of amides is 1. The number of carbonyl (C=O) groups is 1. The number of hydrogen-bond acceptors (Lipinski definition) is 6. The van der Waals surface area contributed by atoms with E-state index in [1.165, 1.54) is 37.0 Å². The Bertz CT molecular complexity index is 1500. The summed E-state index contributed by atoms with van der Waals surface area (Å²) in [4.78, 5) is 27.2. The summed E-state index contributed by atoms with van der Waals surface area (Å²) in [7, 11) is -2.09. The zero-order chi connectivity index (χ0) is 30.2. The van der Waals surface area contributed by atoms with Crippen molar-refractivity contribution in [2.24, 2.45) is 23.2 Å². The average molecular weight is 603 g/mol. The Kier molecular flexibility index (Phi) is 8.31. The van der Waals surface area contributed by atoms with E-state index < -0.39 is 10.1 Å². The molecule has 0 unspecified atom stereocenters. The maximum Gasteiger partial charge on any atom is 0.294 e. The van der Waals surface area contributed by atoms with Crippen molar-refractivity contribution < 1.29 is 17.8 Å². The first-order valence-corrected chi connectivity index (χ1v) is 17.0. The third kappa shape index (κ3) is 6.48. The van der Waals surface area contributed by atoms with Crippen LogP contribution in [0.2, 0.25) is 0 Å². The Morgan fingerprint density at radius 2 is 1.49 bits per heavy atom. The fourth-order valence-corrected chi connectivity index (χ4v) is 8.84. The van der Waals surface area contributed by atoms with Gasteiger partial charge in [-0.2, -0.15) is 13.4 Å². The van der Waals surface area contributed by atoms with Gasteiger partial charge in [0.15, 0.2) is 0 Å². The van der Waals surface area contributed by atoms with Crippen LogP contribution in [0.1, 0.15) is 68.4 Å². The lowest BCUT2D eigenvalue weighted by Gasteiger charge is -2.56. The molecule has 1 N–H and O–H groups in total. The summed E-state index contributed by atoms with van der Waals surface area (Å²) < 4.78 is 29.6. The minimum absolute atomic E-state index is 0.0666. The highest BCUT2D eigenvalue weighted by Crippen LogP contribution is 2.60. The van der Waals surface area contributed by atoms with Crippen LogP contribution in [-0.4, -0.2) is 49.0 Å². The Labute approximate surface area is 255 Å². The molecule has 1 aromatic heterocycles. The van der Waals surface area contributed by atoms with Crippen LogP contribution < -0.4 is 9.80 Å². The summed E-state index contributed by atoms with van der Waals surface area (Å²) in [6.07, 6.45) is 11.4. The normalized spacial score (nSPS) is 26.5. The van der Waals surface area contributed by atoms with Gasteiger partial charge in [-0.3, -0.25) is 14.2 Å². The fourth-order valence-electron chi connectivity index (χ4n) is 8.36. The van der Waals surface area contributed by atoms with Crippen molar-refractivity contribution in [3.8, 4) is 0 Å². The van der Waals surface area contributed by atoms with Gasteiger partial charge in [0.1, 0.15) is 5.82 Å². The third-order valence-corrected chi connectivity index (χ3v) is 11.0. The van der Waals surface area contributed by atoms with E-state index in [0.717, 1.165) is 80.3 Å². The van der Waals surface area contributed by atoms with E-state index in [0.29, 0.717) is 11.8 Å². The first-order valence-electron chi connectivity index (χ1n) is 15.5. The van der Waals surface area contributed by atoms with Gasteiger partial charge in [0.05, 0.1) is 10.3 Å². The lowest BCUT2D eigenvalue weighted by atomic mass is 9.49. The van der Waals surface area contributed by atoms with E-state index in [1.54, 1.807) is 12.1 Å². The molecule has 2 aromatic carbocycles. The summed E-state index contributed by atoms with van der Waals surface area (Å²) >= 11 is 0. The second kappa shape index (κ2) is 12.0. The van der Waals surface area contributed by atoms with E-state index >= 15 is 0 Å². The molecule has 1 amide bonds. The van der Waals surface area contributed by atoms with Gasteiger partial charge in [0.25, 0.3) is 10.1 Å². The summed E-state index contributed by atoms with van der Waals surface area (Å²) in [5.74, 6) is 4.72. The molecule has 0 radical (unpaired) electrons. The maximum atomic E-state index is 13.7. The number of nitrogens with zero attached hydrogens (tertiary/aromatic N) is 4. The summed E-state index contributed by atoms with van der Waals surface area (Å²) in [5.41, 5.74) is 2.25. The first-order chi connectivity index (χ1) is 20.6. The van der Waals surface area contributed by atoms with Crippen LogP contribution in [0.4, 0.5) is 11.8 Å². The van der Waals surface area contributed by atoms with Gasteiger partial charge in [-0.05, 0) is 106 Å². The van der Waals surface area contributed by atoms with Crippen molar-refractivity contribution in [1.29, 1.82) is 0 Å². The van der Waals surface area contributed by atoms with E-state index in [1.807, 2.05) is 31.1 Å². The molecule has 43 heavy (non-hydrogen) atoms. The SMILES string of the molecule is CN(C(=O)C12CC3CC(CC(C3)C1)C2)c1ccnc(N2CCC(c3ccccc3)CC2)n1.Cc1ccc(S(=O)(=O)O)cc1. The van der Waals surface area contributed by atoms with Crippen LogP contribution in [0, 0.1) is 30.1 Å². The zero-order valence-corrected chi connectivity index (χ0v) is 25.9. The van der Waals surface area contributed by atoms with E-state index in [-0.39, 0.29) is 10.3 Å². The van der Waals surface area contributed by atoms with Gasteiger partial charge in [0, 0.05) is 26.3 Å². The van der Waals surface area contributed by atoms with Gasteiger partial charge in [0.2, 0.25) is 11.9 Å². The number of benzene rings is 2. The Balaban J connectivity index is 0.000000254. The molecular formula is C34H42N4O4S. The predicted octanol–water partition coefficient (Wildman–Crippen LogP) is 6.28. The Morgan fingerprint density at radius 1 is 0.907 bits per heavy atom. The van der Waals surface area contributed by atoms with E-state index in [2.05, 4.69) is 40.2 Å². The van der Waals surface area contributed by atoms with Crippen molar-refractivity contribution in [2.45, 2.75) is 69.1 Å². The second-order valence-corrected chi connectivity index (χ2v) is 14.7. The van der Waals surface area contributed by atoms with Crippen LogP contribution >= 0.6 is 0 Å². The highest BCUT2D eigenvalue weighted by molar-refractivity contribution is 7.85. The number of carbonyl (C=O) groups excluding carboxylic acids is 1. The maximum absolute atomic E-state index is 13.7. The molecule has 5 aliphatic rings. The monoisotopic (exact) mass is 602 g/mol. The first kappa shape index (κ1) is 29.8. The van der Waals surface area contributed by atoms with Crippen molar-refractivity contribution >= 4 is 27.8 Å². The van der Waals surface area contributed by atoms with Gasteiger partial charge < -0.3 is 4.90 Å². The Morgan fingerprint density at radius 3 is 2.05 bits per heavy atom. The number of aryl methyl sites for hydroxylation is 1. The lowest BCUT2D eigenvalue weighted by molar-refractivity contribution is -0.143. The highest BCUT2D eigenvalue weighted by Gasteiger charge is 2.55. The quantitative estimate of drug-likeness (QED) is 0.343. The summed E-state index contributed by atoms with van der Waals surface area (Å²) in [5, 5.41) is 0. The molecule has 9 heteroatoms. The minimum Gasteiger partial charge on any atom is -0.341 e. The number of hydrogen-bond donors (Lipinski definition) is 1. The smallest absolute Gasteiger partial charge is 0.294 e. The van der Waals surface area contributed by atoms with E-state index in [9.17, 15) is 13.2 Å². The molecule has 2 heterocycles. The zero-order valence-electron chi connectivity index (χ0n) is 25.1. The molecular weight excluding hydrogens is 560 g/mol. The van der Waals surface area contributed by atoms with Crippen LogP contribution in [0.15, 0.2) is 71.8 Å². The van der Waals surface area contributed by atoms with Crippen molar-refractivity contribution in [3.63, 3.8) is 0 Å². The molecule has 8 nitrogen and oxygen atoms in total. The van der Waals surface area contributed by atoms with E-state index in [4.69, 9.17) is 9.54 Å². The number of rotatable bonds is 5. The predicted molar refractivity (Wildman–Crippen MR) is 168 cm³/mol. The minimum atomic E-state index is -4.02. The van der Waals surface area contributed by atoms with Crippen LogP contribution in [0.25, 0.3) is 0 Å². The van der Waals surface area contributed by atoms with Crippen molar-refractivity contribution in [2.75, 3.05) is 29.9 Å². The Hall–Kier alpha value is -3.30. The summed E-state index contributed by atoms with van der Waals surface area (Å²) in [6.45, 7) is 3.75. The third-order valence-electron chi connectivity index (χ3n) is 10.1. The standard InChI is InChI=1S/C27H34N4O.C7H8O3S/c1-30(25(32)27-16-19-13-20(17-27)15-21(14-19)18-27)24-7-10-28-26(29-24)31-11-8-23(9-12-31)22-5-3-2-4-6-22;1-6-2-4-7(5-3-6)11(8,9)10/h2-7,10,19-21,23H,8-9,11-18H2,1H3;2-5H,1H3,(H,8,9,10). The number of aromatic nitrogens is 2. The molecule has 0 spiro atoms. The molecule has 4 bridgehead atoms.